The van der Waals surface area contributed by atoms with Crippen molar-refractivity contribution in [2.24, 2.45) is 0 Å². The monoisotopic (exact) mass is 217 g/mol. The number of anilines is 1. The lowest BCUT2D eigenvalue weighted by molar-refractivity contribution is 0.0951. The lowest BCUT2D eigenvalue weighted by atomic mass is 10.2. The predicted octanol–water partition coefficient (Wildman–Crippen LogP) is 1.19. The molecule has 0 aromatic carbocycles. The number of nitrogens with one attached hydrogen (secondary N) is 1. The zero-order valence-corrected chi connectivity index (χ0v) is 8.51. The molecule has 0 saturated carbocycles. The van der Waals surface area contributed by atoms with Gasteiger partial charge in [-0.25, -0.2) is 4.98 Å². The fraction of sp³-hybridized carbons (Fsp3) is 0.0909. The van der Waals surface area contributed by atoms with Gasteiger partial charge >= 0.3 is 0 Å². The molecule has 0 radical (unpaired) electrons. The van der Waals surface area contributed by atoms with Crippen molar-refractivity contribution in [3.8, 4) is 0 Å². The van der Waals surface area contributed by atoms with Crippen LogP contribution < -0.4 is 11.1 Å². The van der Waals surface area contributed by atoms with Crippen molar-refractivity contribution in [1.82, 2.24) is 10.3 Å². The largest absolute Gasteiger partial charge is 0.472 e. The number of nitrogen functional groups attached to an aromatic ring is 1. The lowest BCUT2D eigenvalue weighted by Gasteiger charge is -2.04. The fourth-order valence-corrected chi connectivity index (χ4v) is 1.28. The Morgan fingerprint density at radius 1 is 1.50 bits per heavy atom. The highest BCUT2D eigenvalue weighted by atomic mass is 16.3. The van der Waals surface area contributed by atoms with Crippen molar-refractivity contribution >= 4 is 11.7 Å². The number of carbonyl (C=O) groups is 1. The van der Waals surface area contributed by atoms with E-state index in [1.54, 1.807) is 36.9 Å². The van der Waals surface area contributed by atoms with Crippen molar-refractivity contribution < 1.29 is 9.21 Å². The van der Waals surface area contributed by atoms with Crippen molar-refractivity contribution in [2.75, 3.05) is 5.73 Å². The SMILES string of the molecule is Nc1ncccc1C(=O)NCc1ccoc1. The van der Waals surface area contributed by atoms with Gasteiger partial charge in [-0.15, -0.1) is 0 Å². The summed E-state index contributed by atoms with van der Waals surface area (Å²) in [5, 5.41) is 2.72. The Hall–Kier alpha value is -2.30. The first-order valence-corrected chi connectivity index (χ1v) is 4.77. The fourth-order valence-electron chi connectivity index (χ4n) is 1.28. The molecule has 0 saturated heterocycles. The highest BCUT2D eigenvalue weighted by Gasteiger charge is 2.09. The molecule has 1 amide bonds. The molecule has 16 heavy (non-hydrogen) atoms. The summed E-state index contributed by atoms with van der Waals surface area (Å²) >= 11 is 0. The molecule has 2 heterocycles. The third-order valence-electron chi connectivity index (χ3n) is 2.12. The van der Waals surface area contributed by atoms with Crippen molar-refractivity contribution in [1.29, 1.82) is 0 Å². The van der Waals surface area contributed by atoms with Gasteiger partial charge in [0, 0.05) is 18.3 Å². The van der Waals surface area contributed by atoms with E-state index in [-0.39, 0.29) is 11.7 Å². The van der Waals surface area contributed by atoms with Crippen LogP contribution in [0.5, 0.6) is 0 Å². The van der Waals surface area contributed by atoms with E-state index in [0.29, 0.717) is 12.1 Å². The van der Waals surface area contributed by atoms with E-state index >= 15 is 0 Å². The van der Waals surface area contributed by atoms with E-state index < -0.39 is 0 Å². The first-order valence-electron chi connectivity index (χ1n) is 4.77. The first kappa shape index (κ1) is 10.2. The van der Waals surface area contributed by atoms with E-state index in [1.807, 2.05) is 0 Å². The third-order valence-corrected chi connectivity index (χ3v) is 2.12. The predicted molar refractivity (Wildman–Crippen MR) is 58.5 cm³/mol. The maximum absolute atomic E-state index is 11.7. The molecule has 5 nitrogen and oxygen atoms in total. The Labute approximate surface area is 92.3 Å². The third kappa shape index (κ3) is 2.20. The highest BCUT2D eigenvalue weighted by molar-refractivity contribution is 5.98. The summed E-state index contributed by atoms with van der Waals surface area (Å²) in [6, 6.07) is 5.09. The summed E-state index contributed by atoms with van der Waals surface area (Å²) < 4.78 is 4.89. The Kier molecular flexibility index (Phi) is 2.86. The number of pyridine rings is 1. The number of carbonyl (C=O) groups excluding carboxylic acids is 1. The van der Waals surface area contributed by atoms with Gasteiger partial charge in [0.25, 0.3) is 5.91 Å². The molecule has 0 aliphatic heterocycles. The first-order chi connectivity index (χ1) is 7.77. The van der Waals surface area contributed by atoms with Crippen LogP contribution in [0, 0.1) is 0 Å². The van der Waals surface area contributed by atoms with Gasteiger partial charge in [0.2, 0.25) is 0 Å². The summed E-state index contributed by atoms with van der Waals surface area (Å²) in [6.45, 7) is 0.406. The highest BCUT2D eigenvalue weighted by Crippen LogP contribution is 2.07. The van der Waals surface area contributed by atoms with Crippen LogP contribution in [0.4, 0.5) is 5.82 Å². The second-order valence-corrected chi connectivity index (χ2v) is 3.25. The molecule has 0 fully saturated rings. The van der Waals surface area contributed by atoms with Gasteiger partial charge in [-0.05, 0) is 18.2 Å². The number of amides is 1. The van der Waals surface area contributed by atoms with Crippen molar-refractivity contribution in [2.45, 2.75) is 6.54 Å². The minimum absolute atomic E-state index is 0.229. The molecule has 2 aromatic heterocycles. The number of hydrogen-bond acceptors (Lipinski definition) is 4. The molecule has 0 aliphatic carbocycles. The second-order valence-electron chi connectivity index (χ2n) is 3.25. The number of furan rings is 1. The van der Waals surface area contributed by atoms with E-state index in [1.165, 1.54) is 0 Å². The Balaban J connectivity index is 2.01. The van der Waals surface area contributed by atoms with Crippen LogP contribution in [-0.2, 0) is 6.54 Å². The molecular weight excluding hydrogens is 206 g/mol. The molecule has 0 spiro atoms. The maximum atomic E-state index is 11.7. The van der Waals surface area contributed by atoms with Crippen LogP contribution in [0.25, 0.3) is 0 Å². The Morgan fingerprint density at radius 2 is 2.38 bits per heavy atom. The Bertz CT molecular complexity index is 480. The quantitative estimate of drug-likeness (QED) is 0.809. The lowest BCUT2D eigenvalue weighted by Crippen LogP contribution is -2.23. The molecule has 82 valence electrons. The van der Waals surface area contributed by atoms with E-state index in [2.05, 4.69) is 10.3 Å². The number of rotatable bonds is 3. The molecule has 0 bridgehead atoms. The summed E-state index contributed by atoms with van der Waals surface area (Å²) in [7, 11) is 0. The summed E-state index contributed by atoms with van der Waals surface area (Å²) in [4.78, 5) is 15.5. The van der Waals surface area contributed by atoms with E-state index in [4.69, 9.17) is 10.2 Å². The smallest absolute Gasteiger partial charge is 0.255 e. The van der Waals surface area contributed by atoms with Crippen LogP contribution in [0.1, 0.15) is 15.9 Å². The average molecular weight is 217 g/mol. The molecule has 2 rings (SSSR count). The van der Waals surface area contributed by atoms with Gasteiger partial charge in [0.05, 0.1) is 18.1 Å². The van der Waals surface area contributed by atoms with Crippen molar-refractivity contribution in [3.05, 3.63) is 48.0 Å². The van der Waals surface area contributed by atoms with Gasteiger partial charge in [0.15, 0.2) is 0 Å². The van der Waals surface area contributed by atoms with Gasteiger partial charge in [0.1, 0.15) is 5.82 Å². The van der Waals surface area contributed by atoms with Crippen LogP contribution in [0.3, 0.4) is 0 Å². The Morgan fingerprint density at radius 3 is 3.06 bits per heavy atom. The molecule has 0 atom stereocenters. The molecule has 3 N–H and O–H groups in total. The van der Waals surface area contributed by atoms with Crippen LogP contribution in [0.15, 0.2) is 41.3 Å². The number of nitrogens with zero attached hydrogens (tertiary/aromatic N) is 1. The van der Waals surface area contributed by atoms with Crippen molar-refractivity contribution in [3.63, 3.8) is 0 Å². The van der Waals surface area contributed by atoms with Crippen LogP contribution in [0.2, 0.25) is 0 Å². The summed E-state index contributed by atoms with van der Waals surface area (Å²) in [5.41, 5.74) is 6.86. The van der Waals surface area contributed by atoms with E-state index in [0.717, 1.165) is 5.56 Å². The number of hydrogen-bond donors (Lipinski definition) is 2. The molecule has 0 aliphatic rings. The number of nitrogens with two attached hydrogens (primary N) is 1. The topological polar surface area (TPSA) is 81.1 Å². The molecular formula is C11H11N3O2. The maximum Gasteiger partial charge on any atom is 0.255 e. The number of aromatic nitrogens is 1. The average Bonchev–Trinajstić information content (AvgIpc) is 2.79. The normalized spacial score (nSPS) is 10.0. The molecule has 5 heteroatoms. The minimum Gasteiger partial charge on any atom is -0.472 e. The zero-order valence-electron chi connectivity index (χ0n) is 8.51. The van der Waals surface area contributed by atoms with Gasteiger partial charge in [-0.2, -0.15) is 0 Å². The zero-order chi connectivity index (χ0) is 11.4. The summed E-state index contributed by atoms with van der Waals surface area (Å²) in [5.74, 6) is -0.0148. The van der Waals surface area contributed by atoms with Crippen LogP contribution in [-0.4, -0.2) is 10.9 Å². The second kappa shape index (κ2) is 4.48. The van der Waals surface area contributed by atoms with Crippen LogP contribution >= 0.6 is 0 Å². The minimum atomic E-state index is -0.244. The van der Waals surface area contributed by atoms with Gasteiger partial charge in [-0.3, -0.25) is 4.79 Å². The summed E-state index contributed by atoms with van der Waals surface area (Å²) in [6.07, 6.45) is 4.68. The standard InChI is InChI=1S/C11H11N3O2/c12-10-9(2-1-4-13-10)11(15)14-6-8-3-5-16-7-8/h1-5,7H,6H2,(H2,12,13)(H,14,15). The van der Waals surface area contributed by atoms with Gasteiger partial charge < -0.3 is 15.5 Å². The van der Waals surface area contributed by atoms with E-state index in [9.17, 15) is 4.79 Å². The molecule has 2 aromatic rings. The molecule has 0 unspecified atom stereocenters. The van der Waals surface area contributed by atoms with Gasteiger partial charge in [-0.1, -0.05) is 0 Å².